The molecule has 4 nitrogen and oxygen atoms in total. The van der Waals surface area contributed by atoms with Crippen molar-refractivity contribution in [1.29, 1.82) is 0 Å². The lowest BCUT2D eigenvalue weighted by atomic mass is 10.1. The largest absolute Gasteiger partial charge is 0.351 e. The van der Waals surface area contributed by atoms with Crippen LogP contribution in [0.25, 0.3) is 0 Å². The molecule has 2 atom stereocenters. The molecule has 3 rings (SSSR count). The summed E-state index contributed by atoms with van der Waals surface area (Å²) in [5.74, 6) is 0.379. The lowest BCUT2D eigenvalue weighted by Gasteiger charge is -2.14. The van der Waals surface area contributed by atoms with E-state index in [9.17, 15) is 9.59 Å². The number of hydrogen-bond acceptors (Lipinski definition) is 2. The summed E-state index contributed by atoms with van der Waals surface area (Å²) in [6, 6.07) is 7.94. The highest BCUT2D eigenvalue weighted by atomic mass is 35.5. The molecule has 0 unspecified atom stereocenters. The van der Waals surface area contributed by atoms with Gasteiger partial charge in [0, 0.05) is 29.9 Å². The highest BCUT2D eigenvalue weighted by molar-refractivity contribution is 6.30. The summed E-state index contributed by atoms with van der Waals surface area (Å²) < 4.78 is 0. The maximum atomic E-state index is 11.9. The van der Waals surface area contributed by atoms with Gasteiger partial charge in [-0.25, -0.2) is 0 Å². The van der Waals surface area contributed by atoms with Crippen LogP contribution in [-0.2, 0) is 9.59 Å². The average molecular weight is 293 g/mol. The van der Waals surface area contributed by atoms with Crippen LogP contribution in [0.4, 0.5) is 0 Å². The van der Waals surface area contributed by atoms with Gasteiger partial charge in [0.1, 0.15) is 0 Å². The Morgan fingerprint density at radius 3 is 3.00 bits per heavy atom. The van der Waals surface area contributed by atoms with Crippen LogP contribution in [0.5, 0.6) is 0 Å². The molecule has 1 aliphatic carbocycles. The number of rotatable bonds is 4. The van der Waals surface area contributed by atoms with Crippen molar-refractivity contribution in [2.75, 3.05) is 13.1 Å². The van der Waals surface area contributed by atoms with Crippen molar-refractivity contribution in [1.82, 2.24) is 10.2 Å². The second-order valence-corrected chi connectivity index (χ2v) is 5.93. The molecule has 0 aromatic heterocycles. The number of carbonyl (C=O) groups excluding carboxylic acids is 2. The van der Waals surface area contributed by atoms with E-state index in [1.54, 1.807) is 4.90 Å². The molecule has 106 valence electrons. The first-order chi connectivity index (χ1) is 9.63. The molecule has 1 heterocycles. The molecular weight excluding hydrogens is 276 g/mol. The quantitative estimate of drug-likeness (QED) is 0.922. The van der Waals surface area contributed by atoms with Gasteiger partial charge >= 0.3 is 0 Å². The number of benzene rings is 1. The zero-order chi connectivity index (χ0) is 14.1. The van der Waals surface area contributed by atoms with E-state index in [-0.39, 0.29) is 24.4 Å². The number of nitrogens with zero attached hydrogens (tertiary/aromatic N) is 1. The molecule has 2 fully saturated rings. The van der Waals surface area contributed by atoms with Gasteiger partial charge in [-0.2, -0.15) is 0 Å². The number of hydrogen-bond donors (Lipinski definition) is 1. The minimum Gasteiger partial charge on any atom is -0.351 e. The Hall–Kier alpha value is -1.55. The monoisotopic (exact) mass is 292 g/mol. The number of nitrogens with one attached hydrogen (secondary N) is 1. The SMILES string of the molecule is O=C(CN1CCCC1=O)N[C@@H]1C[C@H]1c1cccc(Cl)c1. The maximum absolute atomic E-state index is 11.9. The van der Waals surface area contributed by atoms with Crippen LogP contribution in [0.15, 0.2) is 24.3 Å². The fourth-order valence-corrected chi connectivity index (χ4v) is 2.96. The van der Waals surface area contributed by atoms with E-state index in [2.05, 4.69) is 5.32 Å². The predicted molar refractivity (Wildman–Crippen MR) is 76.6 cm³/mol. The Morgan fingerprint density at radius 2 is 2.30 bits per heavy atom. The molecule has 20 heavy (non-hydrogen) atoms. The van der Waals surface area contributed by atoms with Crippen molar-refractivity contribution in [3.05, 3.63) is 34.9 Å². The Balaban J connectivity index is 1.50. The Labute approximate surface area is 123 Å². The predicted octanol–water partition coefficient (Wildman–Crippen LogP) is 1.93. The van der Waals surface area contributed by atoms with Crippen LogP contribution in [-0.4, -0.2) is 35.8 Å². The summed E-state index contributed by atoms with van der Waals surface area (Å²) in [6.45, 7) is 0.895. The zero-order valence-electron chi connectivity index (χ0n) is 11.1. The van der Waals surface area contributed by atoms with E-state index >= 15 is 0 Å². The molecule has 2 aliphatic rings. The van der Waals surface area contributed by atoms with Gasteiger partial charge in [-0.3, -0.25) is 9.59 Å². The van der Waals surface area contributed by atoms with Crippen LogP contribution in [0.3, 0.4) is 0 Å². The third-order valence-corrected chi connectivity index (χ3v) is 4.15. The zero-order valence-corrected chi connectivity index (χ0v) is 11.9. The molecule has 1 N–H and O–H groups in total. The van der Waals surface area contributed by atoms with Gasteiger partial charge in [-0.1, -0.05) is 23.7 Å². The molecule has 1 aliphatic heterocycles. The van der Waals surface area contributed by atoms with Gasteiger partial charge in [0.15, 0.2) is 0 Å². The average Bonchev–Trinajstić information content (AvgIpc) is 3.05. The van der Waals surface area contributed by atoms with E-state index in [1.807, 2.05) is 24.3 Å². The minimum absolute atomic E-state index is 0.0604. The van der Waals surface area contributed by atoms with Crippen LogP contribution >= 0.6 is 11.6 Å². The topological polar surface area (TPSA) is 49.4 Å². The number of amides is 2. The van der Waals surface area contributed by atoms with Gasteiger partial charge < -0.3 is 10.2 Å². The number of likely N-dealkylation sites (tertiary alicyclic amines) is 1. The standard InChI is InChI=1S/C15H17ClN2O2/c16-11-4-1-3-10(7-11)12-8-13(12)17-14(19)9-18-6-2-5-15(18)20/h1,3-4,7,12-13H,2,5-6,8-9H2,(H,17,19)/t12-,13+/m0/s1. The first-order valence-corrected chi connectivity index (χ1v) is 7.34. The summed E-state index contributed by atoms with van der Waals surface area (Å²) in [6.07, 6.45) is 2.38. The van der Waals surface area contributed by atoms with Crippen molar-refractivity contribution in [2.24, 2.45) is 0 Å². The van der Waals surface area contributed by atoms with Crippen molar-refractivity contribution >= 4 is 23.4 Å². The summed E-state index contributed by atoms with van der Waals surface area (Å²) in [7, 11) is 0. The molecular formula is C15H17ClN2O2. The van der Waals surface area contributed by atoms with Crippen molar-refractivity contribution < 1.29 is 9.59 Å². The lowest BCUT2D eigenvalue weighted by Crippen LogP contribution is -2.39. The van der Waals surface area contributed by atoms with Crippen LogP contribution < -0.4 is 5.32 Å². The molecule has 1 saturated carbocycles. The maximum Gasteiger partial charge on any atom is 0.239 e. The van der Waals surface area contributed by atoms with Gasteiger partial charge in [0.05, 0.1) is 6.54 Å². The molecule has 1 aromatic carbocycles. The van der Waals surface area contributed by atoms with Gasteiger partial charge in [-0.05, 0) is 30.5 Å². The Morgan fingerprint density at radius 1 is 1.45 bits per heavy atom. The highest BCUT2D eigenvalue weighted by Gasteiger charge is 2.39. The van der Waals surface area contributed by atoms with E-state index < -0.39 is 0 Å². The normalized spacial score (nSPS) is 24.9. The molecule has 2 amide bonds. The Kier molecular flexibility index (Phi) is 3.66. The summed E-state index contributed by atoms with van der Waals surface area (Å²) >= 11 is 5.97. The summed E-state index contributed by atoms with van der Waals surface area (Å²) in [4.78, 5) is 25.0. The lowest BCUT2D eigenvalue weighted by molar-refractivity contribution is -0.133. The van der Waals surface area contributed by atoms with E-state index in [0.717, 1.165) is 17.9 Å². The van der Waals surface area contributed by atoms with Crippen LogP contribution in [0.2, 0.25) is 5.02 Å². The molecule has 0 spiro atoms. The first kappa shape index (κ1) is 13.4. The van der Waals surface area contributed by atoms with Crippen LogP contribution in [0.1, 0.15) is 30.7 Å². The second kappa shape index (κ2) is 5.44. The number of halogens is 1. The van der Waals surface area contributed by atoms with Gasteiger partial charge in [-0.15, -0.1) is 0 Å². The van der Waals surface area contributed by atoms with Crippen molar-refractivity contribution in [3.63, 3.8) is 0 Å². The van der Waals surface area contributed by atoms with Crippen LogP contribution in [0, 0.1) is 0 Å². The Bertz CT molecular complexity index is 546. The fraction of sp³-hybridized carbons (Fsp3) is 0.467. The summed E-state index contributed by atoms with van der Waals surface area (Å²) in [5.41, 5.74) is 1.17. The molecule has 0 bridgehead atoms. The first-order valence-electron chi connectivity index (χ1n) is 6.96. The molecule has 5 heteroatoms. The second-order valence-electron chi connectivity index (χ2n) is 5.49. The van der Waals surface area contributed by atoms with E-state index in [0.29, 0.717) is 18.9 Å². The number of carbonyl (C=O) groups is 2. The third kappa shape index (κ3) is 2.96. The fourth-order valence-electron chi connectivity index (χ4n) is 2.76. The smallest absolute Gasteiger partial charge is 0.239 e. The molecule has 1 aromatic rings. The molecule has 0 radical (unpaired) electrons. The minimum atomic E-state index is -0.0604. The van der Waals surface area contributed by atoms with Gasteiger partial charge in [0.2, 0.25) is 11.8 Å². The third-order valence-electron chi connectivity index (χ3n) is 3.92. The van der Waals surface area contributed by atoms with Gasteiger partial charge in [0.25, 0.3) is 0 Å². The van der Waals surface area contributed by atoms with E-state index in [1.165, 1.54) is 5.56 Å². The molecule has 1 saturated heterocycles. The summed E-state index contributed by atoms with van der Waals surface area (Å²) in [5, 5.41) is 3.72. The highest BCUT2D eigenvalue weighted by Crippen LogP contribution is 2.41. The van der Waals surface area contributed by atoms with Crippen molar-refractivity contribution in [2.45, 2.75) is 31.2 Å². The van der Waals surface area contributed by atoms with Crippen molar-refractivity contribution in [3.8, 4) is 0 Å². The van der Waals surface area contributed by atoms with E-state index in [4.69, 9.17) is 11.6 Å².